The highest BCUT2D eigenvalue weighted by molar-refractivity contribution is 6.11. The highest BCUT2D eigenvalue weighted by Gasteiger charge is 2.08. The summed E-state index contributed by atoms with van der Waals surface area (Å²) in [5.41, 5.74) is 4.35. The SMILES string of the molecule is COc1cc(OCc2ccccn2)ccc1C=CC(=O)CC(=O)C=Cc1c[nH]c2ccc(OCc3ccccc3)cc12. The van der Waals surface area contributed by atoms with Crippen molar-refractivity contribution in [3.8, 4) is 17.2 Å². The van der Waals surface area contributed by atoms with Crippen LogP contribution in [0.15, 0.2) is 109 Å². The average molecular weight is 559 g/mol. The van der Waals surface area contributed by atoms with Crippen molar-refractivity contribution in [2.75, 3.05) is 7.11 Å². The number of aromatic amines is 1. The van der Waals surface area contributed by atoms with Crippen molar-refractivity contribution in [3.05, 3.63) is 132 Å². The van der Waals surface area contributed by atoms with Crippen LogP contribution in [0.25, 0.3) is 23.1 Å². The zero-order valence-electron chi connectivity index (χ0n) is 23.2. The Balaban J connectivity index is 1.16. The number of fused-ring (bicyclic) bond motifs is 1. The average Bonchev–Trinajstić information content (AvgIpc) is 3.44. The summed E-state index contributed by atoms with van der Waals surface area (Å²) in [5.74, 6) is 1.30. The number of ether oxygens (including phenoxy) is 3. The molecule has 3 aromatic carbocycles. The molecule has 210 valence electrons. The molecular formula is C35H30N2O5. The van der Waals surface area contributed by atoms with Crippen LogP contribution in [0, 0.1) is 0 Å². The van der Waals surface area contributed by atoms with Crippen LogP contribution in [0.1, 0.15) is 28.8 Å². The molecule has 5 rings (SSSR count). The molecule has 0 radical (unpaired) electrons. The van der Waals surface area contributed by atoms with Crippen LogP contribution in [0.2, 0.25) is 0 Å². The summed E-state index contributed by atoms with van der Waals surface area (Å²) in [7, 11) is 1.55. The summed E-state index contributed by atoms with van der Waals surface area (Å²) in [5, 5.41) is 0.926. The Hall–Kier alpha value is -5.43. The summed E-state index contributed by atoms with van der Waals surface area (Å²) in [6.07, 6.45) is 9.47. The first-order chi connectivity index (χ1) is 20.6. The van der Waals surface area contributed by atoms with E-state index in [4.69, 9.17) is 14.2 Å². The van der Waals surface area contributed by atoms with E-state index >= 15 is 0 Å². The first kappa shape index (κ1) is 28.1. The Labute approximate surface area is 244 Å². The highest BCUT2D eigenvalue weighted by Crippen LogP contribution is 2.27. The number of pyridine rings is 1. The summed E-state index contributed by atoms with van der Waals surface area (Å²) in [6, 6.07) is 26.7. The summed E-state index contributed by atoms with van der Waals surface area (Å²) < 4.78 is 17.2. The van der Waals surface area contributed by atoms with E-state index in [0.29, 0.717) is 30.3 Å². The maximum atomic E-state index is 12.6. The third kappa shape index (κ3) is 7.61. The largest absolute Gasteiger partial charge is 0.496 e. The number of aromatic nitrogens is 2. The summed E-state index contributed by atoms with van der Waals surface area (Å²) in [6.45, 7) is 0.793. The molecule has 0 spiro atoms. The van der Waals surface area contributed by atoms with Gasteiger partial charge in [0.15, 0.2) is 11.6 Å². The van der Waals surface area contributed by atoms with Gasteiger partial charge < -0.3 is 19.2 Å². The second-order valence-electron chi connectivity index (χ2n) is 9.52. The molecule has 0 aliphatic heterocycles. The zero-order valence-corrected chi connectivity index (χ0v) is 23.2. The van der Waals surface area contributed by atoms with Crippen molar-refractivity contribution in [1.82, 2.24) is 9.97 Å². The van der Waals surface area contributed by atoms with Crippen LogP contribution in [0.4, 0.5) is 0 Å². The number of rotatable bonds is 13. The number of nitrogens with zero attached hydrogens (tertiary/aromatic N) is 1. The molecule has 0 aliphatic rings. The van der Waals surface area contributed by atoms with Crippen LogP contribution in [-0.4, -0.2) is 28.6 Å². The molecule has 42 heavy (non-hydrogen) atoms. The summed E-state index contributed by atoms with van der Waals surface area (Å²) >= 11 is 0. The third-order valence-electron chi connectivity index (χ3n) is 6.50. The van der Waals surface area contributed by atoms with Gasteiger partial charge in [-0.15, -0.1) is 0 Å². The maximum Gasteiger partial charge on any atom is 0.163 e. The smallest absolute Gasteiger partial charge is 0.163 e. The van der Waals surface area contributed by atoms with Crippen molar-refractivity contribution in [3.63, 3.8) is 0 Å². The van der Waals surface area contributed by atoms with Gasteiger partial charge in [0.05, 0.1) is 19.2 Å². The van der Waals surface area contributed by atoms with Gasteiger partial charge in [-0.2, -0.15) is 0 Å². The minimum atomic E-state index is -0.308. The van der Waals surface area contributed by atoms with E-state index in [1.165, 1.54) is 12.2 Å². The van der Waals surface area contributed by atoms with Crippen molar-refractivity contribution in [2.45, 2.75) is 19.6 Å². The van der Waals surface area contributed by atoms with Gasteiger partial charge in [-0.25, -0.2) is 0 Å². The van der Waals surface area contributed by atoms with Crippen molar-refractivity contribution < 1.29 is 23.8 Å². The Kier molecular flexibility index (Phi) is 9.21. The van der Waals surface area contributed by atoms with E-state index in [9.17, 15) is 9.59 Å². The fourth-order valence-electron chi connectivity index (χ4n) is 4.30. The quantitative estimate of drug-likeness (QED) is 0.124. The normalized spacial score (nSPS) is 11.3. The molecule has 5 aromatic rings. The molecule has 0 amide bonds. The number of methoxy groups -OCH3 is 1. The first-order valence-corrected chi connectivity index (χ1v) is 13.5. The van der Waals surface area contributed by atoms with E-state index in [0.717, 1.165) is 33.5 Å². The number of carbonyl (C=O) groups excluding carboxylic acids is 2. The maximum absolute atomic E-state index is 12.6. The van der Waals surface area contributed by atoms with Crippen LogP contribution in [0.3, 0.4) is 0 Å². The van der Waals surface area contributed by atoms with Crippen LogP contribution in [0.5, 0.6) is 17.2 Å². The molecule has 0 fully saturated rings. The molecular weight excluding hydrogens is 528 g/mol. The van der Waals surface area contributed by atoms with Gasteiger partial charge >= 0.3 is 0 Å². The minimum Gasteiger partial charge on any atom is -0.496 e. The molecule has 0 saturated carbocycles. The molecule has 0 bridgehead atoms. The lowest BCUT2D eigenvalue weighted by molar-refractivity contribution is -0.121. The van der Waals surface area contributed by atoms with Gasteiger partial charge in [0.25, 0.3) is 0 Å². The molecule has 2 heterocycles. The fraction of sp³-hybridized carbons (Fsp3) is 0.114. The van der Waals surface area contributed by atoms with Crippen LogP contribution >= 0.6 is 0 Å². The van der Waals surface area contributed by atoms with Gasteiger partial charge in [0.1, 0.15) is 30.5 Å². The number of hydrogen-bond donors (Lipinski definition) is 1. The van der Waals surface area contributed by atoms with E-state index in [1.54, 1.807) is 43.7 Å². The Bertz CT molecular complexity index is 1720. The van der Waals surface area contributed by atoms with Gasteiger partial charge in [-0.1, -0.05) is 36.4 Å². The van der Waals surface area contributed by atoms with Gasteiger partial charge in [0.2, 0.25) is 0 Å². The predicted molar refractivity (Wildman–Crippen MR) is 163 cm³/mol. The predicted octanol–water partition coefficient (Wildman–Crippen LogP) is 6.98. The lowest BCUT2D eigenvalue weighted by Crippen LogP contribution is -2.02. The third-order valence-corrected chi connectivity index (χ3v) is 6.50. The molecule has 7 heteroatoms. The molecule has 7 nitrogen and oxygen atoms in total. The van der Waals surface area contributed by atoms with Crippen molar-refractivity contribution in [2.24, 2.45) is 0 Å². The number of benzene rings is 3. The second kappa shape index (κ2) is 13.8. The molecule has 2 aromatic heterocycles. The summed E-state index contributed by atoms with van der Waals surface area (Å²) in [4.78, 5) is 32.5. The number of nitrogens with one attached hydrogen (secondary N) is 1. The van der Waals surface area contributed by atoms with E-state index in [1.807, 2.05) is 72.9 Å². The number of allylic oxidation sites excluding steroid dienone is 2. The van der Waals surface area contributed by atoms with Gasteiger partial charge in [-0.05, 0) is 72.3 Å². The topological polar surface area (TPSA) is 90.5 Å². The second-order valence-corrected chi connectivity index (χ2v) is 9.52. The molecule has 0 saturated heterocycles. The number of H-pyrrole nitrogens is 1. The standard InChI is InChI=1S/C35H30N2O5/c1-40-35-21-32(42-24-28-9-5-6-18-36-28)15-12-26(35)10-13-29(38)19-30(39)14-11-27-22-37-34-17-16-31(20-33(27)34)41-23-25-7-3-2-4-8-25/h2-18,20-22,37H,19,23-24H2,1H3. The number of ketones is 2. The van der Waals surface area contributed by atoms with Crippen LogP contribution in [-0.2, 0) is 22.8 Å². The monoisotopic (exact) mass is 558 g/mol. The molecule has 0 unspecified atom stereocenters. The lowest BCUT2D eigenvalue weighted by Gasteiger charge is -2.09. The van der Waals surface area contributed by atoms with Crippen molar-refractivity contribution in [1.29, 1.82) is 0 Å². The van der Waals surface area contributed by atoms with Crippen molar-refractivity contribution >= 4 is 34.6 Å². The van der Waals surface area contributed by atoms with E-state index < -0.39 is 0 Å². The lowest BCUT2D eigenvalue weighted by atomic mass is 10.1. The number of hydrogen-bond acceptors (Lipinski definition) is 6. The molecule has 1 N–H and O–H groups in total. The Morgan fingerprint density at radius 3 is 2.26 bits per heavy atom. The zero-order chi connectivity index (χ0) is 29.1. The Morgan fingerprint density at radius 2 is 1.50 bits per heavy atom. The van der Waals surface area contributed by atoms with E-state index in [-0.39, 0.29) is 18.0 Å². The van der Waals surface area contributed by atoms with Gasteiger partial charge in [-0.3, -0.25) is 14.6 Å². The highest BCUT2D eigenvalue weighted by atomic mass is 16.5. The number of carbonyl (C=O) groups is 2. The molecule has 0 aliphatic carbocycles. The first-order valence-electron chi connectivity index (χ1n) is 13.5. The minimum absolute atomic E-state index is 0.242. The van der Waals surface area contributed by atoms with Crippen LogP contribution < -0.4 is 14.2 Å². The van der Waals surface area contributed by atoms with E-state index in [2.05, 4.69) is 9.97 Å². The van der Waals surface area contributed by atoms with Gasteiger partial charge in [0, 0.05) is 40.5 Å². The Morgan fingerprint density at radius 1 is 0.786 bits per heavy atom. The molecule has 0 atom stereocenters. The fourth-order valence-corrected chi connectivity index (χ4v) is 4.30.